The number of nitrogens with zero attached hydrogens (tertiary/aromatic N) is 2. The van der Waals surface area contributed by atoms with E-state index in [0.29, 0.717) is 0 Å². The highest BCUT2D eigenvalue weighted by atomic mass is 127. The Morgan fingerprint density at radius 1 is 1.14 bits per heavy atom. The summed E-state index contributed by atoms with van der Waals surface area (Å²) in [5, 5.41) is 0. The van der Waals surface area contributed by atoms with Crippen molar-refractivity contribution >= 4 is 33.6 Å². The summed E-state index contributed by atoms with van der Waals surface area (Å²) in [6.07, 6.45) is 2.77. The van der Waals surface area contributed by atoms with Crippen LogP contribution in [0, 0.1) is 3.57 Å². The van der Waals surface area contributed by atoms with Gasteiger partial charge in [0.2, 0.25) is 0 Å². The van der Waals surface area contributed by atoms with Crippen molar-refractivity contribution in [3.63, 3.8) is 0 Å². The summed E-state index contributed by atoms with van der Waals surface area (Å²) in [5.41, 5.74) is 6.35. The highest BCUT2D eigenvalue weighted by Crippen LogP contribution is 2.14. The summed E-state index contributed by atoms with van der Waals surface area (Å²) in [7, 11) is 0. The zero-order chi connectivity index (χ0) is 14.7. The molecule has 3 aromatic rings. The van der Waals surface area contributed by atoms with Crippen molar-refractivity contribution in [2.45, 2.75) is 19.0 Å². The minimum atomic E-state index is 0.169. The maximum absolute atomic E-state index is 5.73. The molecular weight excluding hydrogens is 375 g/mol. The van der Waals surface area contributed by atoms with Crippen molar-refractivity contribution in [2.75, 3.05) is 0 Å². The fraction of sp³-hybridized carbons (Fsp3) is 0.188. The average molecular weight is 392 g/mol. The molecule has 0 amide bonds. The summed E-state index contributed by atoms with van der Waals surface area (Å²) in [6, 6.07) is 16.9. The summed E-state index contributed by atoms with van der Waals surface area (Å²) < 4.78 is 3.39. The van der Waals surface area contributed by atoms with Crippen LogP contribution in [0.1, 0.15) is 5.56 Å². The Kier molecular flexibility index (Phi) is 4.52. The monoisotopic (exact) mass is 392 g/mol. The Morgan fingerprint density at radius 3 is 2.67 bits per heavy atom. The number of benzene rings is 2. The first-order valence-electron chi connectivity index (χ1n) is 6.86. The smallest absolute Gasteiger partial charge is 0.0958 e. The molecular formula is C16H17IN4. The maximum Gasteiger partial charge on any atom is 0.0958 e. The van der Waals surface area contributed by atoms with Gasteiger partial charge in [0, 0.05) is 16.2 Å². The van der Waals surface area contributed by atoms with Gasteiger partial charge in [-0.1, -0.05) is 24.3 Å². The highest BCUT2D eigenvalue weighted by Gasteiger charge is 2.11. The van der Waals surface area contributed by atoms with Gasteiger partial charge < -0.3 is 4.57 Å². The van der Waals surface area contributed by atoms with E-state index in [9.17, 15) is 0 Å². The molecule has 0 aliphatic heterocycles. The molecule has 0 aliphatic carbocycles. The molecule has 1 unspecified atom stereocenters. The van der Waals surface area contributed by atoms with Crippen LogP contribution in [-0.2, 0) is 13.0 Å². The molecule has 3 rings (SSSR count). The predicted molar refractivity (Wildman–Crippen MR) is 93.7 cm³/mol. The molecule has 5 heteroatoms. The molecule has 4 nitrogen and oxygen atoms in total. The number of hydrogen-bond donors (Lipinski definition) is 2. The Labute approximate surface area is 137 Å². The standard InChI is InChI=1S/C16H17IN4/c17-13-7-5-12(6-8-13)9-14(20-18)10-21-11-19-15-3-1-2-4-16(15)21/h1-8,11,14,20H,9-10,18H2. The van der Waals surface area contributed by atoms with Gasteiger partial charge in [-0.05, 0) is 58.8 Å². The van der Waals surface area contributed by atoms with Crippen molar-refractivity contribution < 1.29 is 0 Å². The lowest BCUT2D eigenvalue weighted by Gasteiger charge is -2.17. The first-order chi connectivity index (χ1) is 10.3. The maximum atomic E-state index is 5.73. The molecule has 0 aliphatic rings. The lowest BCUT2D eigenvalue weighted by Crippen LogP contribution is -2.39. The number of imidazole rings is 1. The molecule has 0 fully saturated rings. The average Bonchev–Trinajstić information content (AvgIpc) is 2.92. The van der Waals surface area contributed by atoms with Gasteiger partial charge in [0.1, 0.15) is 0 Å². The lowest BCUT2D eigenvalue weighted by atomic mass is 10.1. The van der Waals surface area contributed by atoms with Gasteiger partial charge in [-0.25, -0.2) is 4.98 Å². The van der Waals surface area contributed by atoms with E-state index in [4.69, 9.17) is 5.84 Å². The van der Waals surface area contributed by atoms with Gasteiger partial charge in [0.15, 0.2) is 0 Å². The second-order valence-electron chi connectivity index (χ2n) is 5.08. The SMILES string of the molecule is NNC(Cc1ccc(I)cc1)Cn1cnc2ccccc21. The van der Waals surface area contributed by atoms with Crippen LogP contribution in [0.15, 0.2) is 54.9 Å². The van der Waals surface area contributed by atoms with Gasteiger partial charge >= 0.3 is 0 Å². The second-order valence-corrected chi connectivity index (χ2v) is 6.33. The van der Waals surface area contributed by atoms with Crippen molar-refractivity contribution in [3.05, 3.63) is 64.0 Å². The van der Waals surface area contributed by atoms with Crippen LogP contribution in [0.3, 0.4) is 0 Å². The van der Waals surface area contributed by atoms with Crippen LogP contribution in [0.2, 0.25) is 0 Å². The second kappa shape index (κ2) is 6.55. The largest absolute Gasteiger partial charge is 0.329 e. The van der Waals surface area contributed by atoms with Crippen molar-refractivity contribution in [1.82, 2.24) is 15.0 Å². The summed E-state index contributed by atoms with van der Waals surface area (Å²) in [6.45, 7) is 0.795. The third-order valence-electron chi connectivity index (χ3n) is 3.58. The zero-order valence-corrected chi connectivity index (χ0v) is 13.7. The van der Waals surface area contributed by atoms with Crippen LogP contribution in [-0.4, -0.2) is 15.6 Å². The minimum absolute atomic E-state index is 0.169. The zero-order valence-electron chi connectivity index (χ0n) is 11.5. The predicted octanol–water partition coefficient (Wildman–Crippen LogP) is 2.72. The summed E-state index contributed by atoms with van der Waals surface area (Å²) in [4.78, 5) is 4.42. The number of nitrogens with one attached hydrogen (secondary N) is 1. The van der Waals surface area contributed by atoms with Crippen molar-refractivity contribution in [2.24, 2.45) is 5.84 Å². The molecule has 0 saturated heterocycles. The fourth-order valence-corrected chi connectivity index (χ4v) is 2.83. The highest BCUT2D eigenvalue weighted by molar-refractivity contribution is 14.1. The number of halogens is 1. The van der Waals surface area contributed by atoms with Crippen LogP contribution in [0.5, 0.6) is 0 Å². The number of fused-ring (bicyclic) bond motifs is 1. The van der Waals surface area contributed by atoms with Crippen LogP contribution >= 0.6 is 22.6 Å². The Bertz CT molecular complexity index is 720. The molecule has 0 bridgehead atoms. The molecule has 0 radical (unpaired) electrons. The third kappa shape index (κ3) is 3.42. The molecule has 1 atom stereocenters. The Balaban J connectivity index is 1.76. The minimum Gasteiger partial charge on any atom is -0.329 e. The quantitative estimate of drug-likeness (QED) is 0.399. The Hall–Kier alpha value is -1.44. The number of hydrogen-bond acceptors (Lipinski definition) is 3. The van der Waals surface area contributed by atoms with E-state index >= 15 is 0 Å². The van der Waals surface area contributed by atoms with Crippen molar-refractivity contribution in [1.29, 1.82) is 0 Å². The first kappa shape index (κ1) is 14.5. The van der Waals surface area contributed by atoms with E-state index in [-0.39, 0.29) is 6.04 Å². The topological polar surface area (TPSA) is 55.9 Å². The molecule has 0 spiro atoms. The van der Waals surface area contributed by atoms with Gasteiger partial charge in [-0.2, -0.15) is 0 Å². The molecule has 108 valence electrons. The van der Waals surface area contributed by atoms with E-state index in [0.717, 1.165) is 24.0 Å². The molecule has 21 heavy (non-hydrogen) atoms. The number of para-hydroxylation sites is 2. The van der Waals surface area contributed by atoms with Crippen molar-refractivity contribution in [3.8, 4) is 0 Å². The molecule has 3 N–H and O–H groups in total. The fourth-order valence-electron chi connectivity index (χ4n) is 2.47. The van der Waals surface area contributed by atoms with Gasteiger partial charge in [0.05, 0.1) is 17.4 Å². The lowest BCUT2D eigenvalue weighted by molar-refractivity contribution is 0.460. The normalized spacial score (nSPS) is 12.7. The van der Waals surface area contributed by atoms with Gasteiger partial charge in [0.25, 0.3) is 0 Å². The van der Waals surface area contributed by atoms with Crippen LogP contribution in [0.25, 0.3) is 11.0 Å². The molecule has 1 heterocycles. The first-order valence-corrected chi connectivity index (χ1v) is 7.94. The van der Waals surface area contributed by atoms with Crippen LogP contribution in [0.4, 0.5) is 0 Å². The molecule has 0 saturated carbocycles. The van der Waals surface area contributed by atoms with Crippen LogP contribution < -0.4 is 11.3 Å². The van der Waals surface area contributed by atoms with E-state index in [1.165, 1.54) is 9.13 Å². The van der Waals surface area contributed by atoms with Gasteiger partial charge in [-0.3, -0.25) is 11.3 Å². The Morgan fingerprint density at radius 2 is 1.90 bits per heavy atom. The number of rotatable bonds is 5. The summed E-state index contributed by atoms with van der Waals surface area (Å²) >= 11 is 2.31. The molecule has 1 aromatic heterocycles. The van der Waals surface area contributed by atoms with E-state index < -0.39 is 0 Å². The number of nitrogens with two attached hydrogens (primary N) is 1. The third-order valence-corrected chi connectivity index (χ3v) is 4.29. The van der Waals surface area contributed by atoms with E-state index in [2.05, 4.69) is 67.9 Å². The van der Waals surface area contributed by atoms with E-state index in [1.54, 1.807) is 0 Å². The van der Waals surface area contributed by atoms with E-state index in [1.807, 2.05) is 24.5 Å². The summed E-state index contributed by atoms with van der Waals surface area (Å²) in [5.74, 6) is 5.73. The number of hydrazine groups is 1. The number of aromatic nitrogens is 2. The van der Waals surface area contributed by atoms with Gasteiger partial charge in [-0.15, -0.1) is 0 Å². The molecule has 2 aromatic carbocycles.